The predicted molar refractivity (Wildman–Crippen MR) is 51.4 cm³/mol. The van der Waals surface area contributed by atoms with E-state index in [1.165, 1.54) is 6.07 Å². The Morgan fingerprint density at radius 3 is 2.50 bits per heavy atom. The van der Waals surface area contributed by atoms with Gasteiger partial charge in [0, 0.05) is 0 Å². The highest BCUT2D eigenvalue weighted by molar-refractivity contribution is 7.86. The second-order valence-corrected chi connectivity index (χ2v) is 4.05. The third-order valence-electron chi connectivity index (χ3n) is 1.55. The number of amides is 1. The van der Waals surface area contributed by atoms with Crippen molar-refractivity contribution in [2.24, 2.45) is 0 Å². The van der Waals surface area contributed by atoms with Crippen LogP contribution in [-0.2, 0) is 19.7 Å². The van der Waals surface area contributed by atoms with E-state index in [1.807, 2.05) is 5.32 Å². The number of carboxylic acids is 1. The Kier molecular flexibility index (Phi) is 3.25. The van der Waals surface area contributed by atoms with Crippen LogP contribution in [0.5, 0.6) is 0 Å². The molecule has 7 nitrogen and oxygen atoms in total. The smallest absolute Gasteiger partial charge is 0.394 e. The van der Waals surface area contributed by atoms with Crippen molar-refractivity contribution in [2.75, 3.05) is 5.32 Å². The topological polar surface area (TPSA) is 121 Å². The molecule has 0 unspecified atom stereocenters. The fraction of sp³-hybridized carbons (Fsp3) is 0. The quantitative estimate of drug-likeness (QED) is 0.487. The lowest BCUT2D eigenvalue weighted by Gasteiger charge is -2.06. The maximum Gasteiger partial charge on any atom is 0.394 e. The molecule has 1 aromatic rings. The minimum atomic E-state index is -4.54. The van der Waals surface area contributed by atoms with Crippen molar-refractivity contribution < 1.29 is 27.7 Å². The van der Waals surface area contributed by atoms with Gasteiger partial charge >= 0.3 is 11.9 Å². The number of carboxylic acid groups (broad SMARTS) is 1. The number of rotatable bonds is 2. The van der Waals surface area contributed by atoms with E-state index in [2.05, 4.69) is 6.07 Å². The summed E-state index contributed by atoms with van der Waals surface area (Å²) in [5, 5.41) is 10.1. The Bertz CT molecular complexity index is 535. The molecule has 0 aliphatic carbocycles. The molecule has 8 heteroatoms. The van der Waals surface area contributed by atoms with Gasteiger partial charge < -0.3 is 10.4 Å². The molecule has 3 N–H and O–H groups in total. The number of nitrogens with one attached hydrogen (secondary N) is 1. The number of anilines is 1. The summed E-state index contributed by atoms with van der Waals surface area (Å²) in [7, 11) is -4.54. The molecule has 0 aromatic heterocycles. The number of carbonyl (C=O) groups is 2. The van der Waals surface area contributed by atoms with Crippen LogP contribution in [0.15, 0.2) is 23.1 Å². The van der Waals surface area contributed by atoms with Gasteiger partial charge in [0.1, 0.15) is 4.90 Å². The Labute approximate surface area is 90.5 Å². The number of hydrogen-bond donors (Lipinski definition) is 3. The van der Waals surface area contributed by atoms with Crippen LogP contribution in [0.4, 0.5) is 5.69 Å². The van der Waals surface area contributed by atoms with Gasteiger partial charge in [0.2, 0.25) is 0 Å². The number of carbonyl (C=O) groups excluding carboxylic acids is 1. The maximum absolute atomic E-state index is 10.8. The molecule has 0 heterocycles. The van der Waals surface area contributed by atoms with Crippen molar-refractivity contribution in [1.29, 1.82) is 0 Å². The lowest BCUT2D eigenvalue weighted by atomic mass is 10.3. The Morgan fingerprint density at radius 1 is 1.38 bits per heavy atom. The number of benzene rings is 1. The number of hydrogen-bond acceptors (Lipinski definition) is 4. The SMILES string of the molecule is O=C(O)C(=O)Nc1cc[c]cc1S(=O)(=O)O. The lowest BCUT2D eigenvalue weighted by molar-refractivity contribution is -0.147. The first-order valence-corrected chi connectivity index (χ1v) is 5.28. The van der Waals surface area contributed by atoms with E-state index in [9.17, 15) is 18.0 Å². The summed E-state index contributed by atoms with van der Waals surface area (Å²) in [6.07, 6.45) is 0. The highest BCUT2D eigenvalue weighted by Gasteiger charge is 2.18. The van der Waals surface area contributed by atoms with Crippen molar-refractivity contribution in [1.82, 2.24) is 0 Å². The van der Waals surface area contributed by atoms with Crippen LogP contribution >= 0.6 is 0 Å². The van der Waals surface area contributed by atoms with E-state index < -0.39 is 26.9 Å². The normalized spacial score (nSPS) is 10.8. The van der Waals surface area contributed by atoms with Gasteiger partial charge in [-0.25, -0.2) is 4.79 Å². The lowest BCUT2D eigenvalue weighted by Crippen LogP contribution is -2.23. The van der Waals surface area contributed by atoms with Gasteiger partial charge in [-0.05, 0) is 18.2 Å². The van der Waals surface area contributed by atoms with E-state index in [-0.39, 0.29) is 5.69 Å². The van der Waals surface area contributed by atoms with Crippen molar-refractivity contribution >= 4 is 27.7 Å². The molecular weight excluding hydrogens is 238 g/mol. The molecule has 0 fully saturated rings. The molecule has 1 rings (SSSR count). The average molecular weight is 244 g/mol. The zero-order valence-corrected chi connectivity index (χ0v) is 8.48. The molecule has 16 heavy (non-hydrogen) atoms. The van der Waals surface area contributed by atoms with Crippen LogP contribution in [0.3, 0.4) is 0 Å². The third kappa shape index (κ3) is 2.78. The molecular formula is C8H6NO6S. The Hall–Kier alpha value is -1.93. The van der Waals surface area contributed by atoms with Crippen LogP contribution < -0.4 is 5.32 Å². The van der Waals surface area contributed by atoms with Crippen molar-refractivity contribution in [2.45, 2.75) is 4.90 Å². The van der Waals surface area contributed by atoms with E-state index in [0.717, 1.165) is 12.1 Å². The van der Waals surface area contributed by atoms with Gasteiger partial charge in [-0.1, -0.05) is 6.07 Å². The van der Waals surface area contributed by atoms with Crippen LogP contribution in [0.2, 0.25) is 0 Å². The van der Waals surface area contributed by atoms with E-state index in [4.69, 9.17) is 9.66 Å². The zero-order chi connectivity index (χ0) is 12.3. The van der Waals surface area contributed by atoms with Gasteiger partial charge in [0.15, 0.2) is 0 Å². The van der Waals surface area contributed by atoms with Gasteiger partial charge in [0.25, 0.3) is 10.1 Å². The first kappa shape index (κ1) is 12.1. The first-order chi connectivity index (χ1) is 7.32. The van der Waals surface area contributed by atoms with E-state index >= 15 is 0 Å². The van der Waals surface area contributed by atoms with Crippen LogP contribution in [0.1, 0.15) is 0 Å². The summed E-state index contributed by atoms with van der Waals surface area (Å²) in [6, 6.07) is 5.64. The molecule has 0 bridgehead atoms. The highest BCUT2D eigenvalue weighted by atomic mass is 32.2. The molecule has 1 radical (unpaired) electrons. The fourth-order valence-corrected chi connectivity index (χ4v) is 1.52. The summed E-state index contributed by atoms with van der Waals surface area (Å²) in [4.78, 5) is 20.4. The van der Waals surface area contributed by atoms with Crippen LogP contribution in [0.25, 0.3) is 0 Å². The second-order valence-electron chi connectivity index (χ2n) is 2.66. The summed E-state index contributed by atoms with van der Waals surface area (Å²) < 4.78 is 30.5. The summed E-state index contributed by atoms with van der Waals surface area (Å²) in [5.74, 6) is -3.18. The standard InChI is InChI=1S/C8H6NO6S/c10-7(8(11)12)9-5-3-1-2-4-6(5)16(13,14)15/h1,3-4H,(H,9,10)(H,11,12)(H,13,14,15). The third-order valence-corrected chi connectivity index (χ3v) is 2.44. The molecule has 1 aromatic carbocycles. The highest BCUT2D eigenvalue weighted by Crippen LogP contribution is 2.19. The molecule has 0 saturated heterocycles. The zero-order valence-electron chi connectivity index (χ0n) is 7.67. The molecule has 85 valence electrons. The molecule has 0 saturated carbocycles. The van der Waals surface area contributed by atoms with E-state index in [1.54, 1.807) is 0 Å². The Balaban J connectivity index is 3.16. The summed E-state index contributed by atoms with van der Waals surface area (Å²) in [6.45, 7) is 0. The minimum Gasteiger partial charge on any atom is -0.474 e. The predicted octanol–water partition coefficient (Wildman–Crippen LogP) is -0.243. The van der Waals surface area contributed by atoms with Crippen molar-refractivity contribution in [3.63, 3.8) is 0 Å². The fourth-order valence-electron chi connectivity index (χ4n) is 0.908. The summed E-state index contributed by atoms with van der Waals surface area (Å²) in [5.41, 5.74) is -0.325. The summed E-state index contributed by atoms with van der Waals surface area (Å²) >= 11 is 0. The molecule has 0 aliphatic rings. The monoisotopic (exact) mass is 244 g/mol. The number of aliphatic carboxylic acids is 1. The van der Waals surface area contributed by atoms with Crippen molar-refractivity contribution in [3.8, 4) is 0 Å². The molecule has 0 spiro atoms. The van der Waals surface area contributed by atoms with Crippen LogP contribution in [-0.4, -0.2) is 30.0 Å². The molecule has 0 atom stereocenters. The first-order valence-electron chi connectivity index (χ1n) is 3.84. The second kappa shape index (κ2) is 4.29. The van der Waals surface area contributed by atoms with Gasteiger partial charge in [-0.2, -0.15) is 8.42 Å². The minimum absolute atomic E-state index is 0.325. The van der Waals surface area contributed by atoms with E-state index in [0.29, 0.717) is 0 Å². The van der Waals surface area contributed by atoms with Crippen molar-refractivity contribution in [3.05, 3.63) is 24.3 Å². The largest absolute Gasteiger partial charge is 0.474 e. The Morgan fingerprint density at radius 2 is 2.00 bits per heavy atom. The average Bonchev–Trinajstić information content (AvgIpc) is 2.16. The van der Waals surface area contributed by atoms with Gasteiger partial charge in [-0.3, -0.25) is 9.35 Å². The van der Waals surface area contributed by atoms with Gasteiger partial charge in [0.05, 0.1) is 5.69 Å². The van der Waals surface area contributed by atoms with Crippen LogP contribution in [0, 0.1) is 6.07 Å². The van der Waals surface area contributed by atoms with Gasteiger partial charge in [-0.15, -0.1) is 0 Å². The molecule has 0 aliphatic heterocycles. The maximum atomic E-state index is 10.8. The molecule has 1 amide bonds.